The molecule has 2 aliphatic rings. The molecular formula is C27H36Si2Zr. The van der Waals surface area contributed by atoms with Crippen LogP contribution in [-0.4, -0.2) is 19.4 Å². The third-order valence-electron chi connectivity index (χ3n) is 6.70. The fourth-order valence-electron chi connectivity index (χ4n) is 5.36. The maximum absolute atomic E-state index is 2.75. The van der Waals surface area contributed by atoms with Crippen molar-refractivity contribution in [3.63, 3.8) is 0 Å². The molecule has 0 heterocycles. The van der Waals surface area contributed by atoms with Crippen molar-refractivity contribution in [1.29, 1.82) is 0 Å². The molecule has 0 aromatic heterocycles. The van der Waals surface area contributed by atoms with Crippen LogP contribution in [0.1, 0.15) is 43.4 Å². The Labute approximate surface area is 193 Å². The van der Waals surface area contributed by atoms with Gasteiger partial charge in [0.2, 0.25) is 0 Å². The average molecular weight is 508 g/mol. The van der Waals surface area contributed by atoms with E-state index in [0.29, 0.717) is 7.25 Å². The standard InChI is InChI=1S/2C12H15Si.C3H6.Zr/c2*1-13(2,3)12-9-8-10-6-4-5-7-11(10)12;1-3-2;/h2*4-9H,1-3H3;1-2H3;. The van der Waals surface area contributed by atoms with Gasteiger partial charge in [-0.1, -0.05) is 0 Å². The van der Waals surface area contributed by atoms with E-state index < -0.39 is 37.4 Å². The van der Waals surface area contributed by atoms with E-state index in [4.69, 9.17) is 0 Å². The first-order valence-electron chi connectivity index (χ1n) is 11.3. The van der Waals surface area contributed by atoms with Crippen molar-refractivity contribution in [2.75, 3.05) is 0 Å². The SMILES string of the molecule is C[C](C)=[Zr]([CH]1C=C([Si](C)(C)C)c2ccccc21)[CH]1C=C([Si](C)(C)C)c2ccccc21. The van der Waals surface area contributed by atoms with Crippen LogP contribution in [0.25, 0.3) is 10.4 Å². The Balaban J connectivity index is 1.91. The van der Waals surface area contributed by atoms with Crippen LogP contribution in [-0.2, 0) is 21.3 Å². The second kappa shape index (κ2) is 7.91. The molecule has 0 N–H and O–H groups in total. The van der Waals surface area contributed by atoms with Crippen LogP contribution in [0.4, 0.5) is 0 Å². The number of hydrogen-bond donors (Lipinski definition) is 0. The van der Waals surface area contributed by atoms with E-state index in [2.05, 4.69) is 114 Å². The van der Waals surface area contributed by atoms with Gasteiger partial charge in [0.05, 0.1) is 0 Å². The quantitative estimate of drug-likeness (QED) is 0.370. The van der Waals surface area contributed by atoms with Crippen LogP contribution in [0.5, 0.6) is 0 Å². The predicted octanol–water partition coefficient (Wildman–Crippen LogP) is 7.85. The summed E-state index contributed by atoms with van der Waals surface area (Å²) < 4.78 is 3.09. The van der Waals surface area contributed by atoms with Crippen LogP contribution >= 0.6 is 0 Å². The van der Waals surface area contributed by atoms with Crippen molar-refractivity contribution in [2.45, 2.75) is 60.4 Å². The average Bonchev–Trinajstić information content (AvgIpc) is 3.22. The number of benzene rings is 2. The second-order valence-corrected chi connectivity index (χ2v) is 29.1. The summed E-state index contributed by atoms with van der Waals surface area (Å²) in [5.41, 5.74) is 6.42. The monoisotopic (exact) mass is 506 g/mol. The summed E-state index contributed by atoms with van der Waals surface area (Å²) in [5, 5.41) is 3.39. The Kier molecular flexibility index (Phi) is 5.88. The Morgan fingerprint density at radius 1 is 0.633 bits per heavy atom. The van der Waals surface area contributed by atoms with Crippen molar-refractivity contribution in [1.82, 2.24) is 0 Å². The number of rotatable bonds is 4. The van der Waals surface area contributed by atoms with Crippen molar-refractivity contribution in [3.8, 4) is 0 Å². The van der Waals surface area contributed by atoms with E-state index in [1.807, 2.05) is 0 Å². The number of allylic oxidation sites excluding steroid dienone is 2. The molecular weight excluding hydrogens is 472 g/mol. The maximum atomic E-state index is 2.75. The molecule has 30 heavy (non-hydrogen) atoms. The van der Waals surface area contributed by atoms with Gasteiger partial charge in [0.15, 0.2) is 0 Å². The molecule has 2 aliphatic carbocycles. The molecule has 0 saturated carbocycles. The molecule has 0 saturated heterocycles. The van der Waals surface area contributed by atoms with Crippen LogP contribution in [0.2, 0.25) is 39.3 Å². The van der Waals surface area contributed by atoms with E-state index in [-0.39, 0.29) is 0 Å². The first-order chi connectivity index (χ1) is 14.0. The van der Waals surface area contributed by atoms with Gasteiger partial charge in [-0.3, -0.25) is 0 Å². The molecule has 3 heteroatoms. The van der Waals surface area contributed by atoms with E-state index in [1.165, 1.54) is 0 Å². The first kappa shape index (κ1) is 22.3. The molecule has 0 amide bonds. The van der Waals surface area contributed by atoms with Crippen LogP contribution < -0.4 is 0 Å². The van der Waals surface area contributed by atoms with E-state index >= 15 is 0 Å². The summed E-state index contributed by atoms with van der Waals surface area (Å²) in [6.07, 6.45) is 5.50. The summed E-state index contributed by atoms with van der Waals surface area (Å²) in [6.45, 7) is 20.0. The van der Waals surface area contributed by atoms with Crippen LogP contribution in [0.15, 0.2) is 60.7 Å². The zero-order chi connectivity index (χ0) is 21.8. The Bertz CT molecular complexity index is 1000. The molecule has 0 radical (unpaired) electrons. The molecule has 2 atom stereocenters. The summed E-state index contributed by atoms with van der Waals surface area (Å²) in [4.78, 5) is 0. The fourth-order valence-corrected chi connectivity index (χ4v) is 18.2. The normalized spacial score (nSPS) is 20.4. The molecule has 2 aromatic rings. The van der Waals surface area contributed by atoms with E-state index in [9.17, 15) is 0 Å². The van der Waals surface area contributed by atoms with Gasteiger partial charge in [0, 0.05) is 0 Å². The Morgan fingerprint density at radius 3 is 1.33 bits per heavy atom. The minimum atomic E-state index is -2.05. The van der Waals surface area contributed by atoms with Gasteiger partial charge in [0.25, 0.3) is 0 Å². The van der Waals surface area contributed by atoms with Gasteiger partial charge in [-0.15, -0.1) is 0 Å². The molecule has 0 spiro atoms. The molecule has 2 aromatic carbocycles. The summed E-state index contributed by atoms with van der Waals surface area (Å²) in [7, 11) is -2.76. The minimum absolute atomic E-state index is 0.672. The van der Waals surface area contributed by atoms with E-state index in [0.717, 1.165) is 0 Å². The van der Waals surface area contributed by atoms with Gasteiger partial charge >= 0.3 is 194 Å². The first-order valence-corrected chi connectivity index (χ1v) is 22.4. The zero-order valence-corrected chi connectivity index (χ0v) is 24.4. The third-order valence-corrected chi connectivity index (χ3v) is 19.3. The molecule has 0 aliphatic heterocycles. The Hall–Kier alpha value is -0.893. The van der Waals surface area contributed by atoms with Crippen molar-refractivity contribution >= 4 is 29.7 Å². The summed E-state index contributed by atoms with van der Waals surface area (Å²) in [5.74, 6) is 0. The molecule has 156 valence electrons. The summed E-state index contributed by atoms with van der Waals surface area (Å²) >= 11 is -2.05. The van der Waals surface area contributed by atoms with Gasteiger partial charge in [0.1, 0.15) is 0 Å². The third kappa shape index (κ3) is 3.87. The van der Waals surface area contributed by atoms with Crippen LogP contribution in [0.3, 0.4) is 0 Å². The molecule has 0 bridgehead atoms. The van der Waals surface area contributed by atoms with Gasteiger partial charge in [-0.25, -0.2) is 0 Å². The Morgan fingerprint density at radius 2 is 1.00 bits per heavy atom. The van der Waals surface area contributed by atoms with Gasteiger partial charge < -0.3 is 0 Å². The summed E-state index contributed by atoms with van der Waals surface area (Å²) in [6, 6.07) is 18.7. The number of hydrogen-bond acceptors (Lipinski definition) is 0. The predicted molar refractivity (Wildman–Crippen MR) is 137 cm³/mol. The molecule has 4 rings (SSSR count). The van der Waals surface area contributed by atoms with Crippen molar-refractivity contribution in [3.05, 3.63) is 82.9 Å². The van der Waals surface area contributed by atoms with E-state index in [1.54, 1.807) is 35.9 Å². The number of fused-ring (bicyclic) bond motifs is 2. The molecule has 2 unspecified atom stereocenters. The topological polar surface area (TPSA) is 0 Å². The molecule has 0 fully saturated rings. The molecule has 0 nitrogen and oxygen atoms in total. The fraction of sp³-hybridized carbons (Fsp3) is 0.370. The second-order valence-electron chi connectivity index (χ2n) is 11.2. The van der Waals surface area contributed by atoms with Crippen molar-refractivity contribution < 1.29 is 21.3 Å². The van der Waals surface area contributed by atoms with Gasteiger partial charge in [-0.05, 0) is 0 Å². The van der Waals surface area contributed by atoms with Gasteiger partial charge in [-0.2, -0.15) is 0 Å². The van der Waals surface area contributed by atoms with Crippen LogP contribution in [0, 0.1) is 0 Å². The zero-order valence-electron chi connectivity index (χ0n) is 19.9. The van der Waals surface area contributed by atoms with Crippen molar-refractivity contribution in [2.24, 2.45) is 0 Å².